The van der Waals surface area contributed by atoms with Crippen LogP contribution in [0, 0.1) is 0 Å². The summed E-state index contributed by atoms with van der Waals surface area (Å²) in [4.78, 5) is 22.7. The van der Waals surface area contributed by atoms with E-state index in [0.29, 0.717) is 5.69 Å². The monoisotopic (exact) mass is 203 g/mol. The van der Waals surface area contributed by atoms with E-state index in [0.717, 1.165) is 10.5 Å². The van der Waals surface area contributed by atoms with Crippen LogP contribution < -0.4 is 4.90 Å². The lowest BCUT2D eigenvalue weighted by molar-refractivity contribution is 0.204. The number of carbonyl (C=O) groups is 1. The molecule has 1 unspecified atom stereocenters. The quantitative estimate of drug-likeness (QED) is 0.656. The van der Waals surface area contributed by atoms with Crippen LogP contribution in [0.4, 0.5) is 10.5 Å². The van der Waals surface area contributed by atoms with Crippen LogP contribution in [0.5, 0.6) is 0 Å². The average molecular weight is 203 g/mol. The molecule has 0 saturated carbocycles. The minimum atomic E-state index is -1.15. The molecule has 2 rings (SSSR count). The Morgan fingerprint density at radius 2 is 2.13 bits per heavy atom. The van der Waals surface area contributed by atoms with E-state index in [1.165, 1.54) is 0 Å². The molecule has 0 aromatic heterocycles. The Morgan fingerprint density at radius 3 is 2.73 bits per heavy atom. The molecular formula is C11H9NO3. The fourth-order valence-electron chi connectivity index (χ4n) is 1.87. The zero-order chi connectivity index (χ0) is 11.0. The number of rotatable bonds is 0. The van der Waals surface area contributed by atoms with Crippen LogP contribution in [0.2, 0.25) is 0 Å². The van der Waals surface area contributed by atoms with E-state index in [1.54, 1.807) is 25.0 Å². The molecule has 1 heterocycles. The number of nitrogens with zero attached hydrogens (tertiary/aromatic N) is 1. The van der Waals surface area contributed by atoms with Crippen LogP contribution in [-0.4, -0.2) is 17.1 Å². The van der Waals surface area contributed by atoms with Crippen LogP contribution in [0.1, 0.15) is 18.4 Å². The summed E-state index contributed by atoms with van der Waals surface area (Å²) >= 11 is 0. The number of allylic oxidation sites excluding steroid dienone is 1. The van der Waals surface area contributed by atoms with E-state index in [4.69, 9.17) is 5.11 Å². The number of amides is 1. The molecule has 1 aliphatic heterocycles. The molecular weight excluding hydrogens is 194 g/mol. The first-order valence-electron chi connectivity index (χ1n) is 4.53. The SMILES string of the molecule is CC1C(=C=O)N(C(=O)O)c2ccccc21. The summed E-state index contributed by atoms with van der Waals surface area (Å²) in [5.41, 5.74) is 1.55. The maximum atomic E-state index is 11.0. The molecule has 4 heteroatoms. The zero-order valence-electron chi connectivity index (χ0n) is 8.10. The van der Waals surface area contributed by atoms with Gasteiger partial charge in [-0.25, -0.2) is 14.5 Å². The van der Waals surface area contributed by atoms with Gasteiger partial charge < -0.3 is 5.11 Å². The third kappa shape index (κ3) is 1.23. The topological polar surface area (TPSA) is 57.6 Å². The summed E-state index contributed by atoms with van der Waals surface area (Å²) in [5, 5.41) is 9.01. The maximum absolute atomic E-state index is 11.0. The van der Waals surface area contributed by atoms with E-state index >= 15 is 0 Å². The molecule has 0 saturated heterocycles. The van der Waals surface area contributed by atoms with Gasteiger partial charge in [-0.05, 0) is 11.6 Å². The van der Waals surface area contributed by atoms with Gasteiger partial charge >= 0.3 is 6.09 Å². The Balaban J connectivity index is 2.66. The minimum absolute atomic E-state index is 0.156. The first-order chi connectivity index (χ1) is 7.16. The maximum Gasteiger partial charge on any atom is 0.416 e. The molecule has 1 N–H and O–H groups in total. The van der Waals surface area contributed by atoms with Crippen LogP contribution in [0.25, 0.3) is 0 Å². The molecule has 1 aromatic carbocycles. The molecule has 15 heavy (non-hydrogen) atoms. The lowest BCUT2D eigenvalue weighted by Crippen LogP contribution is -2.26. The van der Waals surface area contributed by atoms with Crippen molar-refractivity contribution in [3.05, 3.63) is 35.5 Å². The number of anilines is 1. The molecule has 0 bridgehead atoms. The van der Waals surface area contributed by atoms with Crippen molar-refractivity contribution in [1.29, 1.82) is 0 Å². The molecule has 0 radical (unpaired) electrons. The number of carbonyl (C=O) groups excluding carboxylic acids is 1. The molecule has 0 aliphatic carbocycles. The van der Waals surface area contributed by atoms with Crippen molar-refractivity contribution in [2.75, 3.05) is 4.90 Å². The Labute approximate surface area is 86.4 Å². The minimum Gasteiger partial charge on any atom is -0.464 e. The second-order valence-corrected chi connectivity index (χ2v) is 3.39. The Morgan fingerprint density at radius 1 is 1.47 bits per heavy atom. The van der Waals surface area contributed by atoms with Crippen molar-refractivity contribution in [3.63, 3.8) is 0 Å². The Hall–Kier alpha value is -2.06. The fourth-order valence-corrected chi connectivity index (χ4v) is 1.87. The van der Waals surface area contributed by atoms with Crippen molar-refractivity contribution >= 4 is 17.7 Å². The van der Waals surface area contributed by atoms with Gasteiger partial charge in [0.25, 0.3) is 0 Å². The third-order valence-corrected chi connectivity index (χ3v) is 2.59. The smallest absolute Gasteiger partial charge is 0.416 e. The Bertz CT molecular complexity index is 474. The molecule has 1 aliphatic rings. The number of para-hydroxylation sites is 1. The number of benzene rings is 1. The van der Waals surface area contributed by atoms with Gasteiger partial charge in [-0.3, -0.25) is 0 Å². The van der Waals surface area contributed by atoms with Gasteiger partial charge in [0.05, 0.1) is 5.69 Å². The van der Waals surface area contributed by atoms with E-state index in [-0.39, 0.29) is 11.6 Å². The van der Waals surface area contributed by atoms with E-state index < -0.39 is 6.09 Å². The third-order valence-electron chi connectivity index (χ3n) is 2.59. The molecule has 1 aromatic rings. The number of hydrogen-bond acceptors (Lipinski definition) is 2. The first kappa shape index (κ1) is 9.49. The van der Waals surface area contributed by atoms with Gasteiger partial charge in [0.2, 0.25) is 0 Å². The van der Waals surface area contributed by atoms with Gasteiger partial charge in [-0.2, -0.15) is 0 Å². The second-order valence-electron chi connectivity index (χ2n) is 3.39. The molecule has 0 spiro atoms. The van der Waals surface area contributed by atoms with Crippen LogP contribution in [0.15, 0.2) is 30.0 Å². The van der Waals surface area contributed by atoms with Crippen molar-refractivity contribution in [2.45, 2.75) is 12.8 Å². The summed E-state index contributed by atoms with van der Waals surface area (Å²) in [6.45, 7) is 1.79. The standard InChI is InChI=1S/C11H9NO3/c1-7-8-4-2-3-5-9(8)12(11(14)15)10(7)6-13/h2-5,7H,1H3,(H,14,15). The summed E-state index contributed by atoms with van der Waals surface area (Å²) in [5.74, 6) is 1.49. The summed E-state index contributed by atoms with van der Waals surface area (Å²) in [6, 6.07) is 7.07. The van der Waals surface area contributed by atoms with Crippen LogP contribution in [-0.2, 0) is 4.79 Å². The lowest BCUT2D eigenvalue weighted by atomic mass is 10.0. The number of fused-ring (bicyclic) bond motifs is 1. The van der Waals surface area contributed by atoms with Crippen molar-refractivity contribution in [3.8, 4) is 0 Å². The van der Waals surface area contributed by atoms with Gasteiger partial charge in [-0.1, -0.05) is 25.1 Å². The second kappa shape index (κ2) is 3.26. The van der Waals surface area contributed by atoms with Crippen LogP contribution >= 0.6 is 0 Å². The van der Waals surface area contributed by atoms with E-state index in [9.17, 15) is 9.59 Å². The summed E-state index contributed by atoms with van der Waals surface area (Å²) < 4.78 is 0. The number of carboxylic acid groups (broad SMARTS) is 1. The van der Waals surface area contributed by atoms with Gasteiger partial charge in [0, 0.05) is 5.92 Å². The van der Waals surface area contributed by atoms with Gasteiger partial charge in [-0.15, -0.1) is 0 Å². The predicted molar refractivity (Wildman–Crippen MR) is 54.6 cm³/mol. The normalized spacial score (nSPS) is 18.6. The van der Waals surface area contributed by atoms with E-state index in [1.807, 2.05) is 12.1 Å². The van der Waals surface area contributed by atoms with Crippen molar-refractivity contribution in [2.24, 2.45) is 0 Å². The molecule has 76 valence electrons. The highest BCUT2D eigenvalue weighted by Gasteiger charge is 2.35. The first-order valence-corrected chi connectivity index (χ1v) is 4.53. The molecule has 1 atom stereocenters. The largest absolute Gasteiger partial charge is 0.464 e. The molecule has 0 fully saturated rings. The highest BCUT2D eigenvalue weighted by atomic mass is 16.4. The zero-order valence-corrected chi connectivity index (χ0v) is 8.10. The summed E-state index contributed by atoms with van der Waals surface area (Å²) in [6.07, 6.45) is -1.15. The molecule has 1 amide bonds. The van der Waals surface area contributed by atoms with Gasteiger partial charge in [0.1, 0.15) is 11.6 Å². The predicted octanol–water partition coefficient (Wildman–Crippen LogP) is 2.00. The number of hydrogen-bond donors (Lipinski definition) is 1. The average Bonchev–Trinajstić information content (AvgIpc) is 2.52. The highest BCUT2D eigenvalue weighted by Crippen LogP contribution is 2.41. The Kier molecular flexibility index (Phi) is 2.06. The summed E-state index contributed by atoms with van der Waals surface area (Å²) in [7, 11) is 0. The van der Waals surface area contributed by atoms with Crippen molar-refractivity contribution < 1.29 is 14.7 Å². The van der Waals surface area contributed by atoms with Gasteiger partial charge in [0.15, 0.2) is 0 Å². The van der Waals surface area contributed by atoms with Crippen LogP contribution in [0.3, 0.4) is 0 Å². The molecule has 4 nitrogen and oxygen atoms in total. The van der Waals surface area contributed by atoms with E-state index in [2.05, 4.69) is 0 Å². The highest BCUT2D eigenvalue weighted by molar-refractivity contribution is 5.97. The van der Waals surface area contributed by atoms with Crippen molar-refractivity contribution in [1.82, 2.24) is 0 Å². The lowest BCUT2D eigenvalue weighted by Gasteiger charge is -2.12. The fraction of sp³-hybridized carbons (Fsp3) is 0.182.